The van der Waals surface area contributed by atoms with Gasteiger partial charge in [0.2, 0.25) is 0 Å². The third-order valence-electron chi connectivity index (χ3n) is 4.53. The molecule has 0 aliphatic heterocycles. The number of carbonyl (C=O) groups excluding carboxylic acids is 1. The Morgan fingerprint density at radius 1 is 0.935 bits per heavy atom. The van der Waals surface area contributed by atoms with Crippen LogP contribution in [-0.2, 0) is 17.8 Å². The molecule has 3 rings (SSSR count). The van der Waals surface area contributed by atoms with E-state index in [4.69, 9.17) is 14.2 Å². The van der Waals surface area contributed by atoms with E-state index in [9.17, 15) is 4.79 Å². The summed E-state index contributed by atoms with van der Waals surface area (Å²) in [5.74, 6) is 1.53. The van der Waals surface area contributed by atoms with Crippen LogP contribution in [0.1, 0.15) is 23.6 Å². The van der Waals surface area contributed by atoms with Crippen LogP contribution in [0.5, 0.6) is 17.2 Å². The Bertz CT molecular complexity index is 1000. The maximum atomic E-state index is 11.9. The van der Waals surface area contributed by atoms with Crippen molar-refractivity contribution in [3.05, 3.63) is 89.5 Å². The number of hydrazone groups is 1. The summed E-state index contributed by atoms with van der Waals surface area (Å²) in [5, 5.41) is 3.98. The van der Waals surface area contributed by atoms with Gasteiger partial charge >= 0.3 is 0 Å². The monoisotopic (exact) mass is 418 g/mol. The Balaban J connectivity index is 1.49. The molecule has 31 heavy (non-hydrogen) atoms. The molecular formula is C25H26N2O4. The van der Waals surface area contributed by atoms with E-state index in [0.717, 1.165) is 17.5 Å². The van der Waals surface area contributed by atoms with Gasteiger partial charge in [0.25, 0.3) is 5.91 Å². The summed E-state index contributed by atoms with van der Waals surface area (Å²) < 4.78 is 16.7. The predicted octanol–water partition coefficient (Wildman–Crippen LogP) is 4.37. The van der Waals surface area contributed by atoms with E-state index < -0.39 is 0 Å². The molecule has 0 aliphatic carbocycles. The maximum Gasteiger partial charge on any atom is 0.277 e. The molecule has 1 N–H and O–H groups in total. The smallest absolute Gasteiger partial charge is 0.277 e. The number of methoxy groups -OCH3 is 1. The molecule has 0 atom stereocenters. The van der Waals surface area contributed by atoms with Gasteiger partial charge in [-0.3, -0.25) is 4.79 Å². The van der Waals surface area contributed by atoms with E-state index in [2.05, 4.69) is 17.5 Å². The Kier molecular flexibility index (Phi) is 8.05. The minimum Gasteiger partial charge on any atom is -0.493 e. The minimum absolute atomic E-state index is 0.113. The average molecular weight is 418 g/mol. The summed E-state index contributed by atoms with van der Waals surface area (Å²) >= 11 is 0. The van der Waals surface area contributed by atoms with Crippen LogP contribution in [0.2, 0.25) is 0 Å². The van der Waals surface area contributed by atoms with Gasteiger partial charge in [0, 0.05) is 0 Å². The van der Waals surface area contributed by atoms with Crippen molar-refractivity contribution in [1.29, 1.82) is 0 Å². The number of ether oxygens (including phenoxy) is 3. The van der Waals surface area contributed by atoms with E-state index in [1.165, 1.54) is 11.8 Å². The van der Waals surface area contributed by atoms with Gasteiger partial charge in [0.05, 0.1) is 13.3 Å². The first-order valence-corrected chi connectivity index (χ1v) is 10.1. The molecule has 3 aromatic rings. The molecule has 3 aromatic carbocycles. The normalized spacial score (nSPS) is 10.6. The van der Waals surface area contributed by atoms with Crippen molar-refractivity contribution in [3.8, 4) is 17.2 Å². The summed E-state index contributed by atoms with van der Waals surface area (Å²) in [6.07, 6.45) is 2.50. The number of rotatable bonds is 10. The number of benzene rings is 3. The highest BCUT2D eigenvalue weighted by Gasteiger charge is 2.06. The lowest BCUT2D eigenvalue weighted by Gasteiger charge is -2.11. The summed E-state index contributed by atoms with van der Waals surface area (Å²) in [6, 6.07) is 23.0. The van der Waals surface area contributed by atoms with Gasteiger partial charge in [-0.05, 0) is 53.4 Å². The van der Waals surface area contributed by atoms with Crippen LogP contribution >= 0.6 is 0 Å². The van der Waals surface area contributed by atoms with Gasteiger partial charge in [0.15, 0.2) is 18.1 Å². The van der Waals surface area contributed by atoms with Crippen LogP contribution in [0.4, 0.5) is 0 Å². The van der Waals surface area contributed by atoms with Crippen LogP contribution in [0.25, 0.3) is 0 Å². The first kappa shape index (κ1) is 21.9. The van der Waals surface area contributed by atoms with Crippen molar-refractivity contribution < 1.29 is 19.0 Å². The van der Waals surface area contributed by atoms with Crippen molar-refractivity contribution in [1.82, 2.24) is 5.43 Å². The first-order chi connectivity index (χ1) is 15.2. The third kappa shape index (κ3) is 6.89. The third-order valence-corrected chi connectivity index (χ3v) is 4.53. The molecule has 160 valence electrons. The van der Waals surface area contributed by atoms with Crippen LogP contribution in [0.15, 0.2) is 77.9 Å². The molecule has 1 amide bonds. The number of amides is 1. The fourth-order valence-corrected chi connectivity index (χ4v) is 2.80. The second kappa shape index (κ2) is 11.4. The lowest BCUT2D eigenvalue weighted by molar-refractivity contribution is -0.123. The Hall–Kier alpha value is -3.80. The number of aryl methyl sites for hydroxylation is 1. The fraction of sp³-hybridized carbons (Fsp3) is 0.200. The van der Waals surface area contributed by atoms with Gasteiger partial charge in [-0.2, -0.15) is 5.10 Å². The second-order valence-corrected chi connectivity index (χ2v) is 6.76. The Morgan fingerprint density at radius 3 is 2.42 bits per heavy atom. The molecule has 0 saturated heterocycles. The van der Waals surface area contributed by atoms with E-state index in [1.807, 2.05) is 66.7 Å². The SMILES string of the molecule is CCc1ccc(OCC(=O)N/N=C/c2ccc(OCc3ccccc3)c(OC)c2)cc1. The minimum atomic E-state index is -0.342. The van der Waals surface area contributed by atoms with Crippen LogP contribution in [-0.4, -0.2) is 25.8 Å². The van der Waals surface area contributed by atoms with Gasteiger partial charge in [-0.1, -0.05) is 49.4 Å². The number of nitrogens with zero attached hydrogens (tertiary/aromatic N) is 1. The molecule has 0 aliphatic rings. The van der Waals surface area contributed by atoms with Crippen molar-refractivity contribution >= 4 is 12.1 Å². The average Bonchev–Trinajstić information content (AvgIpc) is 2.82. The lowest BCUT2D eigenvalue weighted by atomic mass is 10.2. The maximum absolute atomic E-state index is 11.9. The molecule has 0 unspecified atom stereocenters. The van der Waals surface area contributed by atoms with E-state index in [1.54, 1.807) is 13.2 Å². The van der Waals surface area contributed by atoms with E-state index in [-0.39, 0.29) is 12.5 Å². The van der Waals surface area contributed by atoms with Crippen LogP contribution in [0.3, 0.4) is 0 Å². The molecule has 0 fully saturated rings. The zero-order chi connectivity index (χ0) is 21.9. The first-order valence-electron chi connectivity index (χ1n) is 10.1. The number of carbonyl (C=O) groups is 1. The van der Waals surface area contributed by atoms with E-state index >= 15 is 0 Å². The molecule has 0 radical (unpaired) electrons. The lowest BCUT2D eigenvalue weighted by Crippen LogP contribution is -2.24. The zero-order valence-electron chi connectivity index (χ0n) is 17.7. The molecule has 0 aromatic heterocycles. The molecule has 0 saturated carbocycles. The largest absolute Gasteiger partial charge is 0.493 e. The van der Waals surface area contributed by atoms with Gasteiger partial charge in [-0.15, -0.1) is 0 Å². The zero-order valence-corrected chi connectivity index (χ0v) is 17.7. The highest BCUT2D eigenvalue weighted by molar-refractivity contribution is 5.83. The fourth-order valence-electron chi connectivity index (χ4n) is 2.80. The Labute approximate surface area is 182 Å². The van der Waals surface area contributed by atoms with Crippen molar-refractivity contribution in [2.24, 2.45) is 5.10 Å². The quantitative estimate of drug-likeness (QED) is 0.392. The molecule has 0 heterocycles. The summed E-state index contributed by atoms with van der Waals surface area (Å²) in [7, 11) is 1.58. The molecule has 0 bridgehead atoms. The second-order valence-electron chi connectivity index (χ2n) is 6.76. The molecule has 0 spiro atoms. The van der Waals surface area contributed by atoms with Gasteiger partial charge < -0.3 is 14.2 Å². The van der Waals surface area contributed by atoms with Gasteiger partial charge in [-0.25, -0.2) is 5.43 Å². The van der Waals surface area contributed by atoms with Crippen LogP contribution in [0, 0.1) is 0 Å². The summed E-state index contributed by atoms with van der Waals surface area (Å²) in [6.45, 7) is 2.42. The van der Waals surface area contributed by atoms with Crippen molar-refractivity contribution in [2.75, 3.05) is 13.7 Å². The summed E-state index contributed by atoms with van der Waals surface area (Å²) in [5.41, 5.74) is 5.51. The molecule has 6 nitrogen and oxygen atoms in total. The number of hydrogen-bond acceptors (Lipinski definition) is 5. The molecule has 6 heteroatoms. The standard InChI is InChI=1S/C25H26N2O4/c1-3-19-9-12-22(13-10-19)30-18-25(28)27-26-16-21-11-14-23(24(15-21)29-2)31-17-20-7-5-4-6-8-20/h4-16H,3,17-18H2,1-2H3,(H,27,28)/b26-16+. The van der Waals surface area contributed by atoms with Crippen molar-refractivity contribution in [2.45, 2.75) is 20.0 Å². The highest BCUT2D eigenvalue weighted by atomic mass is 16.5. The van der Waals surface area contributed by atoms with Crippen LogP contribution < -0.4 is 19.6 Å². The van der Waals surface area contributed by atoms with Gasteiger partial charge in [0.1, 0.15) is 12.4 Å². The molecular weight excluding hydrogens is 392 g/mol. The summed E-state index contributed by atoms with van der Waals surface area (Å²) in [4.78, 5) is 11.9. The number of hydrogen-bond donors (Lipinski definition) is 1. The Morgan fingerprint density at radius 2 is 1.71 bits per heavy atom. The van der Waals surface area contributed by atoms with Crippen molar-refractivity contribution in [3.63, 3.8) is 0 Å². The van der Waals surface area contributed by atoms with E-state index in [0.29, 0.717) is 23.9 Å². The highest BCUT2D eigenvalue weighted by Crippen LogP contribution is 2.28. The topological polar surface area (TPSA) is 69.2 Å². The number of nitrogens with one attached hydrogen (secondary N) is 1. The predicted molar refractivity (Wildman–Crippen MR) is 121 cm³/mol.